The average molecular weight is 251 g/mol. The molecule has 4 heteroatoms. The van der Waals surface area contributed by atoms with Crippen LogP contribution < -0.4 is 10.1 Å². The third-order valence-corrected chi connectivity index (χ3v) is 2.42. The van der Waals surface area contributed by atoms with Crippen molar-refractivity contribution in [1.29, 1.82) is 0 Å². The number of carbonyl (C=O) groups is 1. The first-order valence-corrected chi connectivity index (χ1v) is 6.11. The molecular weight excluding hydrogens is 230 g/mol. The summed E-state index contributed by atoms with van der Waals surface area (Å²) in [4.78, 5) is 11.5. The summed E-state index contributed by atoms with van der Waals surface area (Å²) in [5.41, 5.74) is 1.75. The minimum atomic E-state index is -0.618. The highest BCUT2D eigenvalue weighted by molar-refractivity contribution is 5.77. The van der Waals surface area contributed by atoms with Gasteiger partial charge < -0.3 is 15.2 Å². The van der Waals surface area contributed by atoms with Crippen molar-refractivity contribution in [2.75, 3.05) is 6.61 Å². The van der Waals surface area contributed by atoms with E-state index in [1.165, 1.54) is 0 Å². The fourth-order valence-electron chi connectivity index (χ4n) is 1.63. The van der Waals surface area contributed by atoms with Gasteiger partial charge in [0.25, 0.3) is 5.91 Å². The maximum absolute atomic E-state index is 11.5. The minimum absolute atomic E-state index is 0.0407. The van der Waals surface area contributed by atoms with Crippen LogP contribution >= 0.6 is 0 Å². The second-order valence-electron chi connectivity index (χ2n) is 4.73. The van der Waals surface area contributed by atoms with Crippen molar-refractivity contribution >= 4 is 5.91 Å². The minimum Gasteiger partial charge on any atom is -0.483 e. The first-order chi connectivity index (χ1) is 8.40. The predicted molar refractivity (Wildman–Crippen MR) is 70.6 cm³/mol. The van der Waals surface area contributed by atoms with E-state index in [1.54, 1.807) is 13.0 Å². The summed E-state index contributed by atoms with van der Waals surface area (Å²) in [6, 6.07) is 5.62. The molecule has 1 aromatic carbocycles. The van der Waals surface area contributed by atoms with Crippen LogP contribution in [0.15, 0.2) is 18.2 Å². The van der Waals surface area contributed by atoms with E-state index in [0.29, 0.717) is 11.3 Å². The van der Waals surface area contributed by atoms with Crippen molar-refractivity contribution < 1.29 is 14.6 Å². The zero-order valence-corrected chi connectivity index (χ0v) is 11.4. The van der Waals surface area contributed by atoms with Gasteiger partial charge in [-0.15, -0.1) is 0 Å². The van der Waals surface area contributed by atoms with Crippen LogP contribution in [-0.2, 0) is 4.79 Å². The molecule has 1 aromatic rings. The van der Waals surface area contributed by atoms with E-state index < -0.39 is 6.10 Å². The highest BCUT2D eigenvalue weighted by Gasteiger charge is 2.11. The molecule has 0 aromatic heterocycles. The quantitative estimate of drug-likeness (QED) is 0.841. The van der Waals surface area contributed by atoms with Gasteiger partial charge >= 0.3 is 0 Å². The standard InChI is InChI=1S/C14H21NO3/c1-9(2)15-14(17)8-18-13-6-5-10(3)7-12(13)11(4)16/h5-7,9,11,16H,8H2,1-4H3,(H,15,17). The number of nitrogens with one attached hydrogen (secondary N) is 1. The number of hydrogen-bond donors (Lipinski definition) is 2. The molecular formula is C14H21NO3. The summed E-state index contributed by atoms with van der Waals surface area (Å²) in [7, 11) is 0. The lowest BCUT2D eigenvalue weighted by Crippen LogP contribution is -2.34. The zero-order valence-electron chi connectivity index (χ0n) is 11.4. The summed E-state index contributed by atoms with van der Waals surface area (Å²) < 4.78 is 5.44. The average Bonchev–Trinajstić information content (AvgIpc) is 2.26. The Hall–Kier alpha value is -1.55. The summed E-state index contributed by atoms with van der Waals surface area (Å²) >= 11 is 0. The first kappa shape index (κ1) is 14.5. The number of ether oxygens (including phenoxy) is 1. The van der Waals surface area contributed by atoms with E-state index >= 15 is 0 Å². The van der Waals surface area contributed by atoms with Crippen molar-refractivity contribution in [3.63, 3.8) is 0 Å². The van der Waals surface area contributed by atoms with Crippen LogP contribution in [0.1, 0.15) is 38.0 Å². The number of carbonyl (C=O) groups excluding carboxylic acids is 1. The Morgan fingerprint density at radius 1 is 1.39 bits per heavy atom. The van der Waals surface area contributed by atoms with Crippen LogP contribution in [0, 0.1) is 6.92 Å². The van der Waals surface area contributed by atoms with Crippen LogP contribution in [0.2, 0.25) is 0 Å². The smallest absolute Gasteiger partial charge is 0.258 e. The molecule has 0 aliphatic rings. The zero-order chi connectivity index (χ0) is 13.7. The molecule has 0 heterocycles. The van der Waals surface area contributed by atoms with Gasteiger partial charge in [0.1, 0.15) is 5.75 Å². The molecule has 1 rings (SSSR count). The van der Waals surface area contributed by atoms with Gasteiger partial charge in [-0.3, -0.25) is 4.79 Å². The lowest BCUT2D eigenvalue weighted by Gasteiger charge is -2.15. The van der Waals surface area contributed by atoms with Crippen LogP contribution in [0.25, 0.3) is 0 Å². The van der Waals surface area contributed by atoms with Crippen molar-refractivity contribution in [3.05, 3.63) is 29.3 Å². The maximum Gasteiger partial charge on any atom is 0.258 e. The second-order valence-corrected chi connectivity index (χ2v) is 4.73. The summed E-state index contributed by atoms with van der Waals surface area (Å²) in [5, 5.41) is 12.4. The fraction of sp³-hybridized carbons (Fsp3) is 0.500. The Balaban J connectivity index is 2.70. The second kappa shape index (κ2) is 6.40. The number of aryl methyl sites for hydroxylation is 1. The van der Waals surface area contributed by atoms with Crippen LogP contribution in [-0.4, -0.2) is 23.7 Å². The molecule has 2 N–H and O–H groups in total. The molecule has 1 atom stereocenters. The Bertz CT molecular complexity index is 414. The molecule has 0 aliphatic heterocycles. The van der Waals surface area contributed by atoms with E-state index in [0.717, 1.165) is 5.56 Å². The summed E-state index contributed by atoms with van der Waals surface area (Å²) in [6.45, 7) is 7.37. The van der Waals surface area contributed by atoms with E-state index in [1.807, 2.05) is 32.9 Å². The van der Waals surface area contributed by atoms with E-state index in [-0.39, 0.29) is 18.6 Å². The van der Waals surface area contributed by atoms with Gasteiger partial charge in [0.05, 0.1) is 6.10 Å². The van der Waals surface area contributed by atoms with Gasteiger partial charge in [0.2, 0.25) is 0 Å². The monoisotopic (exact) mass is 251 g/mol. The molecule has 0 spiro atoms. The Morgan fingerprint density at radius 3 is 2.61 bits per heavy atom. The molecule has 1 amide bonds. The third-order valence-electron chi connectivity index (χ3n) is 2.42. The van der Waals surface area contributed by atoms with Crippen molar-refractivity contribution in [3.8, 4) is 5.75 Å². The van der Waals surface area contributed by atoms with E-state index in [2.05, 4.69) is 5.32 Å². The molecule has 4 nitrogen and oxygen atoms in total. The SMILES string of the molecule is Cc1ccc(OCC(=O)NC(C)C)c(C(C)O)c1. The van der Waals surface area contributed by atoms with Crippen LogP contribution in [0.3, 0.4) is 0 Å². The summed E-state index contributed by atoms with van der Waals surface area (Å²) in [6.07, 6.45) is -0.618. The number of aliphatic hydroxyl groups excluding tert-OH is 1. The van der Waals surface area contributed by atoms with E-state index in [9.17, 15) is 9.90 Å². The molecule has 100 valence electrons. The van der Waals surface area contributed by atoms with Gasteiger partial charge in [0.15, 0.2) is 6.61 Å². The topological polar surface area (TPSA) is 58.6 Å². The lowest BCUT2D eigenvalue weighted by molar-refractivity contribution is -0.123. The van der Waals surface area contributed by atoms with Crippen LogP contribution in [0.4, 0.5) is 0 Å². The first-order valence-electron chi connectivity index (χ1n) is 6.11. The number of benzene rings is 1. The number of hydrogen-bond acceptors (Lipinski definition) is 3. The highest BCUT2D eigenvalue weighted by atomic mass is 16.5. The molecule has 18 heavy (non-hydrogen) atoms. The van der Waals surface area contributed by atoms with Crippen LogP contribution in [0.5, 0.6) is 5.75 Å². The summed E-state index contributed by atoms with van der Waals surface area (Å²) in [5.74, 6) is 0.386. The maximum atomic E-state index is 11.5. The number of rotatable bonds is 5. The van der Waals surface area contributed by atoms with E-state index in [4.69, 9.17) is 4.74 Å². The lowest BCUT2D eigenvalue weighted by atomic mass is 10.1. The largest absolute Gasteiger partial charge is 0.483 e. The fourth-order valence-corrected chi connectivity index (χ4v) is 1.63. The molecule has 0 aliphatic carbocycles. The van der Waals surface area contributed by atoms with Gasteiger partial charge in [-0.2, -0.15) is 0 Å². The predicted octanol–water partition coefficient (Wildman–Crippen LogP) is 1.95. The van der Waals surface area contributed by atoms with Crippen molar-refractivity contribution in [2.45, 2.75) is 39.8 Å². The number of amides is 1. The molecule has 0 saturated carbocycles. The Morgan fingerprint density at radius 2 is 2.06 bits per heavy atom. The van der Waals surface area contributed by atoms with Gasteiger partial charge in [-0.25, -0.2) is 0 Å². The van der Waals surface area contributed by atoms with Crippen molar-refractivity contribution in [2.24, 2.45) is 0 Å². The van der Waals surface area contributed by atoms with Crippen molar-refractivity contribution in [1.82, 2.24) is 5.32 Å². The van der Waals surface area contributed by atoms with Gasteiger partial charge in [-0.05, 0) is 39.8 Å². The van der Waals surface area contributed by atoms with Gasteiger partial charge in [-0.1, -0.05) is 11.6 Å². The normalized spacial score (nSPS) is 12.3. The third kappa shape index (κ3) is 4.37. The number of aliphatic hydroxyl groups is 1. The molecule has 0 radical (unpaired) electrons. The Labute approximate surface area is 108 Å². The highest BCUT2D eigenvalue weighted by Crippen LogP contribution is 2.26. The van der Waals surface area contributed by atoms with Gasteiger partial charge in [0, 0.05) is 11.6 Å². The molecule has 1 unspecified atom stereocenters. The molecule has 0 bridgehead atoms. The molecule has 0 fully saturated rings. The Kier molecular flexibility index (Phi) is 5.16. The molecule has 0 saturated heterocycles.